The summed E-state index contributed by atoms with van der Waals surface area (Å²) in [6, 6.07) is 3.79. The van der Waals surface area contributed by atoms with E-state index in [1.807, 2.05) is 12.1 Å². The highest BCUT2D eigenvalue weighted by atomic mass is 32.1. The summed E-state index contributed by atoms with van der Waals surface area (Å²) in [5.41, 5.74) is 0. The third-order valence-electron chi connectivity index (χ3n) is 2.73. The van der Waals surface area contributed by atoms with Gasteiger partial charge in [0, 0.05) is 4.88 Å². The van der Waals surface area contributed by atoms with Crippen LogP contribution in [-0.2, 0) is 11.2 Å². The predicted octanol–water partition coefficient (Wildman–Crippen LogP) is 2.38. The Balaban J connectivity index is 2.19. The average molecular weight is 286 g/mol. The Morgan fingerprint density at radius 1 is 1.42 bits per heavy atom. The standard InChI is InChI=1S/C14H22O4S/c1-2-5-12-7-8-13(19-12)14(17)18-9-4-3-6-11(16)10-15/h7-8,11,15-16H,2-6,9-10H2,1H3. The third kappa shape index (κ3) is 6.18. The summed E-state index contributed by atoms with van der Waals surface area (Å²) >= 11 is 1.49. The molecule has 0 aliphatic carbocycles. The van der Waals surface area contributed by atoms with E-state index in [2.05, 4.69) is 6.92 Å². The minimum Gasteiger partial charge on any atom is -0.462 e. The molecule has 0 amide bonds. The summed E-state index contributed by atoms with van der Waals surface area (Å²) in [7, 11) is 0. The van der Waals surface area contributed by atoms with Crippen molar-refractivity contribution in [3.63, 3.8) is 0 Å². The SMILES string of the molecule is CCCc1ccc(C(=O)OCCCCC(O)CO)s1. The van der Waals surface area contributed by atoms with Gasteiger partial charge in [0.2, 0.25) is 0 Å². The van der Waals surface area contributed by atoms with Gasteiger partial charge in [-0.05, 0) is 37.8 Å². The second-order valence-electron chi connectivity index (χ2n) is 4.48. The van der Waals surface area contributed by atoms with Gasteiger partial charge in [-0.3, -0.25) is 0 Å². The molecule has 0 aromatic carbocycles. The van der Waals surface area contributed by atoms with Gasteiger partial charge in [0.15, 0.2) is 0 Å². The highest BCUT2D eigenvalue weighted by Gasteiger charge is 2.10. The number of esters is 1. The van der Waals surface area contributed by atoms with Gasteiger partial charge in [-0.1, -0.05) is 13.3 Å². The Bertz CT molecular complexity index is 375. The number of carbonyl (C=O) groups excluding carboxylic acids is 1. The minimum absolute atomic E-state index is 0.213. The molecule has 0 radical (unpaired) electrons. The van der Waals surface area contributed by atoms with Crippen molar-refractivity contribution in [3.05, 3.63) is 21.9 Å². The lowest BCUT2D eigenvalue weighted by atomic mass is 10.2. The molecule has 0 aliphatic rings. The number of hydrogen-bond donors (Lipinski definition) is 2. The van der Waals surface area contributed by atoms with Gasteiger partial charge in [0.05, 0.1) is 19.3 Å². The second kappa shape index (κ2) is 9.07. The van der Waals surface area contributed by atoms with Crippen molar-refractivity contribution in [2.75, 3.05) is 13.2 Å². The van der Waals surface area contributed by atoms with Gasteiger partial charge in [0.25, 0.3) is 0 Å². The molecule has 19 heavy (non-hydrogen) atoms. The molecule has 4 nitrogen and oxygen atoms in total. The number of ether oxygens (including phenoxy) is 1. The zero-order chi connectivity index (χ0) is 14.1. The van der Waals surface area contributed by atoms with Crippen LogP contribution in [0.2, 0.25) is 0 Å². The number of thiophene rings is 1. The topological polar surface area (TPSA) is 66.8 Å². The van der Waals surface area contributed by atoms with Crippen molar-refractivity contribution in [1.29, 1.82) is 0 Å². The van der Waals surface area contributed by atoms with E-state index in [1.54, 1.807) is 0 Å². The summed E-state index contributed by atoms with van der Waals surface area (Å²) in [5, 5.41) is 17.8. The molecule has 1 aromatic rings. The van der Waals surface area contributed by atoms with Crippen LogP contribution in [0.3, 0.4) is 0 Å². The monoisotopic (exact) mass is 286 g/mol. The van der Waals surface area contributed by atoms with E-state index in [0.29, 0.717) is 24.3 Å². The molecule has 0 saturated heterocycles. The van der Waals surface area contributed by atoms with Gasteiger partial charge in [-0.25, -0.2) is 4.79 Å². The maximum absolute atomic E-state index is 11.7. The first-order valence-electron chi connectivity index (χ1n) is 6.72. The summed E-state index contributed by atoms with van der Waals surface area (Å²) in [5.74, 6) is -0.268. The Morgan fingerprint density at radius 2 is 2.21 bits per heavy atom. The summed E-state index contributed by atoms with van der Waals surface area (Å²) in [6.07, 6.45) is 3.38. The quantitative estimate of drug-likeness (QED) is 0.540. The summed E-state index contributed by atoms with van der Waals surface area (Å²) in [6.45, 7) is 2.26. The molecule has 0 fully saturated rings. The van der Waals surface area contributed by atoms with Crippen LogP contribution in [0.25, 0.3) is 0 Å². The zero-order valence-corrected chi connectivity index (χ0v) is 12.1. The van der Waals surface area contributed by atoms with Crippen molar-refractivity contribution < 1.29 is 19.7 Å². The first-order chi connectivity index (χ1) is 9.17. The Hall–Kier alpha value is -0.910. The Labute approximate surface area is 118 Å². The predicted molar refractivity (Wildman–Crippen MR) is 75.5 cm³/mol. The van der Waals surface area contributed by atoms with Crippen molar-refractivity contribution in [1.82, 2.24) is 0 Å². The van der Waals surface area contributed by atoms with Crippen molar-refractivity contribution in [2.24, 2.45) is 0 Å². The van der Waals surface area contributed by atoms with Crippen LogP contribution in [0.15, 0.2) is 12.1 Å². The van der Waals surface area contributed by atoms with Gasteiger partial charge in [0.1, 0.15) is 4.88 Å². The lowest BCUT2D eigenvalue weighted by molar-refractivity contribution is 0.0489. The maximum Gasteiger partial charge on any atom is 0.348 e. The number of aliphatic hydroxyl groups excluding tert-OH is 2. The van der Waals surface area contributed by atoms with E-state index in [1.165, 1.54) is 16.2 Å². The molecule has 1 heterocycles. The van der Waals surface area contributed by atoms with Crippen molar-refractivity contribution >= 4 is 17.3 Å². The van der Waals surface area contributed by atoms with Crippen molar-refractivity contribution in [2.45, 2.75) is 45.1 Å². The molecule has 1 rings (SSSR count). The van der Waals surface area contributed by atoms with Crippen LogP contribution < -0.4 is 0 Å². The molecule has 1 atom stereocenters. The van der Waals surface area contributed by atoms with Crippen LogP contribution in [0.5, 0.6) is 0 Å². The number of carbonyl (C=O) groups is 1. The Morgan fingerprint density at radius 3 is 2.89 bits per heavy atom. The van der Waals surface area contributed by atoms with Crippen LogP contribution in [-0.4, -0.2) is 35.5 Å². The molecule has 108 valence electrons. The lowest BCUT2D eigenvalue weighted by Gasteiger charge is -2.06. The van der Waals surface area contributed by atoms with E-state index in [9.17, 15) is 4.79 Å². The Kier molecular flexibility index (Phi) is 7.70. The zero-order valence-electron chi connectivity index (χ0n) is 11.3. The fourth-order valence-electron chi connectivity index (χ4n) is 1.68. The van der Waals surface area contributed by atoms with Gasteiger partial charge in [-0.15, -0.1) is 11.3 Å². The molecule has 2 N–H and O–H groups in total. The highest BCUT2D eigenvalue weighted by molar-refractivity contribution is 7.13. The largest absolute Gasteiger partial charge is 0.462 e. The molecule has 0 bridgehead atoms. The fourth-order valence-corrected chi connectivity index (χ4v) is 2.68. The van der Waals surface area contributed by atoms with Crippen molar-refractivity contribution in [3.8, 4) is 0 Å². The smallest absolute Gasteiger partial charge is 0.348 e. The number of aryl methyl sites for hydroxylation is 1. The molecule has 5 heteroatoms. The van der Waals surface area contributed by atoms with E-state index < -0.39 is 6.10 Å². The number of aliphatic hydroxyl groups is 2. The molecular formula is C14H22O4S. The van der Waals surface area contributed by atoms with E-state index in [0.717, 1.165) is 19.3 Å². The van der Waals surface area contributed by atoms with Crippen LogP contribution >= 0.6 is 11.3 Å². The maximum atomic E-state index is 11.7. The number of rotatable bonds is 9. The number of hydrogen-bond acceptors (Lipinski definition) is 5. The molecule has 0 spiro atoms. The first kappa shape index (κ1) is 16.1. The summed E-state index contributed by atoms with van der Waals surface area (Å²) in [4.78, 5) is 13.6. The average Bonchev–Trinajstić information content (AvgIpc) is 2.87. The summed E-state index contributed by atoms with van der Waals surface area (Å²) < 4.78 is 5.16. The van der Waals surface area contributed by atoms with E-state index >= 15 is 0 Å². The van der Waals surface area contributed by atoms with Crippen LogP contribution in [0, 0.1) is 0 Å². The second-order valence-corrected chi connectivity index (χ2v) is 5.65. The normalized spacial score (nSPS) is 12.4. The first-order valence-corrected chi connectivity index (χ1v) is 7.53. The fraction of sp³-hybridized carbons (Fsp3) is 0.643. The molecular weight excluding hydrogens is 264 g/mol. The highest BCUT2D eigenvalue weighted by Crippen LogP contribution is 2.19. The van der Waals surface area contributed by atoms with E-state index in [4.69, 9.17) is 14.9 Å². The minimum atomic E-state index is -0.662. The van der Waals surface area contributed by atoms with Crippen LogP contribution in [0.1, 0.15) is 47.2 Å². The van der Waals surface area contributed by atoms with E-state index in [-0.39, 0.29) is 12.6 Å². The van der Waals surface area contributed by atoms with Gasteiger partial charge >= 0.3 is 5.97 Å². The van der Waals surface area contributed by atoms with Gasteiger partial charge in [-0.2, -0.15) is 0 Å². The van der Waals surface area contributed by atoms with Crippen LogP contribution in [0.4, 0.5) is 0 Å². The molecule has 1 aromatic heterocycles. The molecule has 0 saturated carbocycles. The molecule has 0 aliphatic heterocycles. The number of unbranched alkanes of at least 4 members (excludes halogenated alkanes) is 1. The third-order valence-corrected chi connectivity index (χ3v) is 3.86. The lowest BCUT2D eigenvalue weighted by Crippen LogP contribution is -2.12. The van der Waals surface area contributed by atoms with Gasteiger partial charge < -0.3 is 14.9 Å². The molecule has 1 unspecified atom stereocenters.